The van der Waals surface area contributed by atoms with Crippen LogP contribution in [-0.4, -0.2) is 42.1 Å². The van der Waals surface area contributed by atoms with Crippen molar-refractivity contribution in [2.45, 2.75) is 13.0 Å². The lowest BCUT2D eigenvalue weighted by atomic mass is 10.1. The van der Waals surface area contributed by atoms with E-state index in [2.05, 4.69) is 10.3 Å². The molecule has 1 unspecified atom stereocenters. The monoisotopic (exact) mass is 437 g/mol. The lowest BCUT2D eigenvalue weighted by molar-refractivity contribution is -0.0228. The van der Waals surface area contributed by atoms with Gasteiger partial charge in [0.05, 0.1) is 25.3 Å². The summed E-state index contributed by atoms with van der Waals surface area (Å²) in [7, 11) is 0. The molecule has 6 nitrogen and oxygen atoms in total. The van der Waals surface area contributed by atoms with E-state index in [4.69, 9.17) is 21.1 Å². The van der Waals surface area contributed by atoms with Crippen LogP contribution in [-0.2, 0) is 4.74 Å². The topological polar surface area (TPSA) is 63.7 Å². The summed E-state index contributed by atoms with van der Waals surface area (Å²) in [5.41, 5.74) is 2.35. The van der Waals surface area contributed by atoms with Gasteiger partial charge in [0.1, 0.15) is 17.7 Å². The predicted octanol–water partition coefficient (Wildman–Crippen LogP) is 5.09. The molecule has 1 atom stereocenters. The van der Waals surface area contributed by atoms with Crippen LogP contribution in [0.15, 0.2) is 66.9 Å². The molecule has 1 N–H and O–H groups in total. The Hall–Kier alpha value is -3.09. The zero-order valence-electron chi connectivity index (χ0n) is 17.3. The first kappa shape index (κ1) is 21.2. The molecule has 2 aromatic carbocycles. The summed E-state index contributed by atoms with van der Waals surface area (Å²) in [5.74, 6) is 1.24. The van der Waals surface area contributed by atoms with E-state index in [1.807, 2.05) is 60.4 Å². The van der Waals surface area contributed by atoms with Gasteiger partial charge in [0.15, 0.2) is 0 Å². The Balaban J connectivity index is 1.50. The molecule has 1 aromatic heterocycles. The summed E-state index contributed by atoms with van der Waals surface area (Å²) in [6, 6.07) is 18.7. The van der Waals surface area contributed by atoms with E-state index < -0.39 is 0 Å². The first-order chi connectivity index (χ1) is 15.1. The summed E-state index contributed by atoms with van der Waals surface area (Å²) >= 11 is 5.99. The van der Waals surface area contributed by atoms with Gasteiger partial charge in [-0.3, -0.25) is 4.79 Å². The number of carbonyl (C=O) groups excluding carboxylic acids is 1. The van der Waals surface area contributed by atoms with Gasteiger partial charge in [-0.25, -0.2) is 4.98 Å². The quantitative estimate of drug-likeness (QED) is 0.581. The first-order valence-corrected chi connectivity index (χ1v) is 10.6. The highest BCUT2D eigenvalue weighted by Crippen LogP contribution is 2.27. The number of hydrogen-bond donors (Lipinski definition) is 1. The Labute approximate surface area is 186 Å². The van der Waals surface area contributed by atoms with Crippen LogP contribution in [0.3, 0.4) is 0 Å². The summed E-state index contributed by atoms with van der Waals surface area (Å²) in [6.45, 7) is 4.03. The fraction of sp³-hybridized carbons (Fsp3) is 0.250. The largest absolute Gasteiger partial charge is 0.494 e. The molecule has 1 amide bonds. The van der Waals surface area contributed by atoms with Crippen LogP contribution >= 0.6 is 11.6 Å². The summed E-state index contributed by atoms with van der Waals surface area (Å²) in [5, 5.41) is 3.92. The maximum Gasteiger partial charge on any atom is 0.257 e. The number of amides is 1. The lowest BCUT2D eigenvalue weighted by Crippen LogP contribution is -2.42. The molecule has 0 saturated carbocycles. The van der Waals surface area contributed by atoms with Crippen LogP contribution in [0.1, 0.15) is 28.9 Å². The fourth-order valence-corrected chi connectivity index (χ4v) is 3.62. The summed E-state index contributed by atoms with van der Waals surface area (Å²) in [4.78, 5) is 19.5. The number of rotatable bonds is 6. The minimum Gasteiger partial charge on any atom is -0.494 e. The fourth-order valence-electron chi connectivity index (χ4n) is 3.50. The second-order valence-corrected chi connectivity index (χ2v) is 7.58. The Bertz CT molecular complexity index is 1020. The van der Waals surface area contributed by atoms with E-state index in [0.717, 1.165) is 17.0 Å². The molecule has 2 heterocycles. The van der Waals surface area contributed by atoms with Crippen LogP contribution in [0.5, 0.6) is 5.75 Å². The van der Waals surface area contributed by atoms with Crippen LogP contribution in [0.2, 0.25) is 5.02 Å². The van der Waals surface area contributed by atoms with Crippen molar-refractivity contribution in [1.29, 1.82) is 0 Å². The van der Waals surface area contributed by atoms with E-state index >= 15 is 0 Å². The van der Waals surface area contributed by atoms with Crippen molar-refractivity contribution in [2.24, 2.45) is 0 Å². The van der Waals surface area contributed by atoms with Gasteiger partial charge < -0.3 is 19.7 Å². The van der Waals surface area contributed by atoms with E-state index in [0.29, 0.717) is 42.7 Å². The highest BCUT2D eigenvalue weighted by atomic mass is 35.5. The Morgan fingerprint density at radius 3 is 2.71 bits per heavy atom. The van der Waals surface area contributed by atoms with Crippen molar-refractivity contribution in [3.8, 4) is 5.75 Å². The number of anilines is 2. The maximum atomic E-state index is 13.3. The summed E-state index contributed by atoms with van der Waals surface area (Å²) < 4.78 is 11.4. The number of nitrogens with one attached hydrogen (secondary N) is 1. The Kier molecular flexibility index (Phi) is 6.70. The third kappa shape index (κ3) is 5.16. The highest BCUT2D eigenvalue weighted by molar-refractivity contribution is 6.30. The molecule has 0 aliphatic carbocycles. The van der Waals surface area contributed by atoms with Crippen molar-refractivity contribution in [3.05, 3.63) is 83.0 Å². The second kappa shape index (κ2) is 9.81. The van der Waals surface area contributed by atoms with Crippen molar-refractivity contribution in [2.75, 3.05) is 31.6 Å². The lowest BCUT2D eigenvalue weighted by Gasteiger charge is -2.33. The van der Waals surface area contributed by atoms with E-state index in [1.54, 1.807) is 18.3 Å². The van der Waals surface area contributed by atoms with Crippen LogP contribution < -0.4 is 10.1 Å². The Morgan fingerprint density at radius 1 is 1.19 bits per heavy atom. The number of nitrogens with zero attached hydrogens (tertiary/aromatic N) is 2. The normalized spacial score (nSPS) is 16.1. The van der Waals surface area contributed by atoms with E-state index in [-0.39, 0.29) is 12.0 Å². The minimum atomic E-state index is -0.186. The molecule has 0 radical (unpaired) electrons. The number of aromatic nitrogens is 1. The predicted molar refractivity (Wildman–Crippen MR) is 121 cm³/mol. The van der Waals surface area contributed by atoms with Crippen molar-refractivity contribution in [3.63, 3.8) is 0 Å². The van der Waals surface area contributed by atoms with E-state index in [1.165, 1.54) is 0 Å². The van der Waals surface area contributed by atoms with Crippen LogP contribution in [0, 0.1) is 0 Å². The number of ether oxygens (including phenoxy) is 2. The third-order valence-corrected chi connectivity index (χ3v) is 5.31. The molecular formula is C24H24ClN3O3. The smallest absolute Gasteiger partial charge is 0.257 e. The molecule has 7 heteroatoms. The van der Waals surface area contributed by atoms with Gasteiger partial charge in [0.25, 0.3) is 5.91 Å². The van der Waals surface area contributed by atoms with Crippen molar-refractivity contribution >= 4 is 29.0 Å². The highest BCUT2D eigenvalue weighted by Gasteiger charge is 2.27. The number of carbonyl (C=O) groups is 1. The molecule has 4 rings (SSSR count). The van der Waals surface area contributed by atoms with Gasteiger partial charge in [0.2, 0.25) is 0 Å². The average Bonchev–Trinajstić information content (AvgIpc) is 2.81. The molecule has 1 saturated heterocycles. The molecular weight excluding hydrogens is 414 g/mol. The van der Waals surface area contributed by atoms with Gasteiger partial charge in [-0.2, -0.15) is 0 Å². The average molecular weight is 438 g/mol. The van der Waals surface area contributed by atoms with Crippen LogP contribution in [0.25, 0.3) is 0 Å². The number of pyridine rings is 1. The number of halogens is 1. The Morgan fingerprint density at radius 2 is 1.97 bits per heavy atom. The molecule has 1 aliphatic rings. The van der Waals surface area contributed by atoms with Crippen molar-refractivity contribution in [1.82, 2.24) is 9.88 Å². The summed E-state index contributed by atoms with van der Waals surface area (Å²) in [6.07, 6.45) is 1.48. The molecule has 31 heavy (non-hydrogen) atoms. The van der Waals surface area contributed by atoms with Gasteiger partial charge >= 0.3 is 0 Å². The SMILES string of the molecule is CCOc1ccc(Nc2ncccc2C(=O)N2CCOC(c3ccc(Cl)cc3)C2)cc1. The zero-order chi connectivity index (χ0) is 21.6. The second-order valence-electron chi connectivity index (χ2n) is 7.14. The van der Waals surface area contributed by atoms with Gasteiger partial charge in [-0.15, -0.1) is 0 Å². The number of benzene rings is 2. The third-order valence-electron chi connectivity index (χ3n) is 5.06. The molecule has 0 bridgehead atoms. The minimum absolute atomic E-state index is 0.0798. The van der Waals surface area contributed by atoms with Gasteiger partial charge in [-0.1, -0.05) is 23.7 Å². The maximum absolute atomic E-state index is 13.3. The van der Waals surface area contributed by atoms with Gasteiger partial charge in [0, 0.05) is 23.5 Å². The molecule has 0 spiro atoms. The number of morpholine rings is 1. The molecule has 1 aliphatic heterocycles. The number of hydrogen-bond acceptors (Lipinski definition) is 5. The molecule has 1 fully saturated rings. The zero-order valence-corrected chi connectivity index (χ0v) is 18.0. The van der Waals surface area contributed by atoms with Gasteiger partial charge in [-0.05, 0) is 61.0 Å². The standard InChI is InChI=1S/C24H24ClN3O3/c1-2-30-20-11-9-19(10-12-20)27-23-21(4-3-13-26-23)24(29)28-14-15-31-22(16-28)17-5-7-18(25)8-6-17/h3-13,22H,2,14-16H2,1H3,(H,26,27). The van der Waals surface area contributed by atoms with Crippen LogP contribution in [0.4, 0.5) is 11.5 Å². The molecule has 3 aromatic rings. The van der Waals surface area contributed by atoms with Crippen molar-refractivity contribution < 1.29 is 14.3 Å². The molecule has 160 valence electrons. The van der Waals surface area contributed by atoms with E-state index in [9.17, 15) is 4.79 Å². The first-order valence-electron chi connectivity index (χ1n) is 10.3.